The zero-order valence-electron chi connectivity index (χ0n) is 11.0. The second kappa shape index (κ2) is 5.88. The number of ether oxygens (including phenoxy) is 1. The zero-order chi connectivity index (χ0) is 13.8. The molecule has 3 N–H and O–H groups in total. The fraction of sp³-hybridized carbons (Fsp3) is 0.538. The first-order valence-corrected chi connectivity index (χ1v) is 6.44. The minimum absolute atomic E-state index is 0.0793. The maximum Gasteiger partial charge on any atom is 0.292 e. The van der Waals surface area contributed by atoms with E-state index in [0.29, 0.717) is 11.4 Å². The lowest BCUT2D eigenvalue weighted by molar-refractivity contribution is -0.384. The van der Waals surface area contributed by atoms with Gasteiger partial charge in [-0.1, -0.05) is 0 Å². The summed E-state index contributed by atoms with van der Waals surface area (Å²) in [6.07, 6.45) is 3.79. The van der Waals surface area contributed by atoms with Crippen LogP contribution in [0.4, 0.5) is 11.4 Å². The van der Waals surface area contributed by atoms with Crippen LogP contribution in [0, 0.1) is 10.1 Å². The van der Waals surface area contributed by atoms with Gasteiger partial charge in [-0.15, -0.1) is 0 Å². The lowest BCUT2D eigenvalue weighted by Crippen LogP contribution is -2.32. The van der Waals surface area contributed by atoms with Gasteiger partial charge in [0.25, 0.3) is 5.69 Å². The third kappa shape index (κ3) is 3.35. The van der Waals surface area contributed by atoms with Gasteiger partial charge in [0.1, 0.15) is 11.4 Å². The molecule has 0 heterocycles. The van der Waals surface area contributed by atoms with Gasteiger partial charge in [0.05, 0.1) is 12.0 Å². The van der Waals surface area contributed by atoms with Gasteiger partial charge in [-0.05, 0) is 31.7 Å². The summed E-state index contributed by atoms with van der Waals surface area (Å²) in [6, 6.07) is 5.24. The molecule has 0 aromatic heterocycles. The zero-order valence-corrected chi connectivity index (χ0v) is 11.0. The Morgan fingerprint density at radius 2 is 2.05 bits per heavy atom. The van der Waals surface area contributed by atoms with Gasteiger partial charge >= 0.3 is 0 Å². The second-order valence-electron chi connectivity index (χ2n) is 4.90. The highest BCUT2D eigenvalue weighted by Gasteiger charge is 2.22. The van der Waals surface area contributed by atoms with Crippen LogP contribution in [0.25, 0.3) is 0 Å². The van der Waals surface area contributed by atoms with E-state index in [9.17, 15) is 10.1 Å². The number of methoxy groups -OCH3 is 1. The standard InChI is InChI=1S/C13H19N3O3/c1-19-11-6-7-13(16(17)18)12(8-11)15-10-4-2-9(14)3-5-10/h6-10,15H,2-5,14H2,1H3/t9-,10-. The smallest absolute Gasteiger partial charge is 0.292 e. The molecule has 0 unspecified atom stereocenters. The molecule has 1 aliphatic rings. The summed E-state index contributed by atoms with van der Waals surface area (Å²) in [6.45, 7) is 0. The Kier molecular flexibility index (Phi) is 4.21. The van der Waals surface area contributed by atoms with Crippen molar-refractivity contribution < 1.29 is 9.66 Å². The summed E-state index contributed by atoms with van der Waals surface area (Å²) < 4.78 is 5.11. The molecule has 6 heteroatoms. The average molecular weight is 265 g/mol. The van der Waals surface area contributed by atoms with Crippen molar-refractivity contribution in [3.8, 4) is 5.75 Å². The van der Waals surface area contributed by atoms with Crippen molar-refractivity contribution >= 4 is 11.4 Å². The highest BCUT2D eigenvalue weighted by molar-refractivity contribution is 5.64. The van der Waals surface area contributed by atoms with Gasteiger partial charge in [0.15, 0.2) is 0 Å². The third-order valence-corrected chi connectivity index (χ3v) is 3.53. The molecule has 2 rings (SSSR count). The quantitative estimate of drug-likeness (QED) is 0.644. The van der Waals surface area contributed by atoms with E-state index in [1.807, 2.05) is 0 Å². The first-order valence-electron chi connectivity index (χ1n) is 6.44. The van der Waals surface area contributed by atoms with Crippen molar-refractivity contribution in [1.82, 2.24) is 0 Å². The normalized spacial score (nSPS) is 22.8. The fourth-order valence-electron chi connectivity index (χ4n) is 2.40. The van der Waals surface area contributed by atoms with Crippen LogP contribution in [-0.4, -0.2) is 24.1 Å². The van der Waals surface area contributed by atoms with Gasteiger partial charge in [0, 0.05) is 24.2 Å². The van der Waals surface area contributed by atoms with E-state index >= 15 is 0 Å². The lowest BCUT2D eigenvalue weighted by atomic mass is 9.91. The summed E-state index contributed by atoms with van der Waals surface area (Å²) in [7, 11) is 1.55. The second-order valence-corrected chi connectivity index (χ2v) is 4.90. The maximum absolute atomic E-state index is 11.0. The van der Waals surface area contributed by atoms with Crippen molar-refractivity contribution in [2.75, 3.05) is 12.4 Å². The average Bonchev–Trinajstić information content (AvgIpc) is 2.41. The Bertz CT molecular complexity index is 456. The predicted molar refractivity (Wildman–Crippen MR) is 73.5 cm³/mol. The first kappa shape index (κ1) is 13.6. The summed E-state index contributed by atoms with van der Waals surface area (Å²) in [5, 5.41) is 14.3. The van der Waals surface area contributed by atoms with Gasteiger partial charge in [-0.25, -0.2) is 0 Å². The monoisotopic (exact) mass is 265 g/mol. The molecule has 0 radical (unpaired) electrons. The summed E-state index contributed by atoms with van der Waals surface area (Å²) in [4.78, 5) is 10.6. The van der Waals surface area contributed by atoms with E-state index in [-0.39, 0.29) is 22.7 Å². The fourth-order valence-corrected chi connectivity index (χ4v) is 2.40. The SMILES string of the molecule is COc1ccc([N+](=O)[O-])c(N[C@H]2CC[C@H](N)CC2)c1. The summed E-state index contributed by atoms with van der Waals surface area (Å²) >= 11 is 0. The van der Waals surface area contributed by atoms with Crippen LogP contribution in [0.5, 0.6) is 5.75 Å². The van der Waals surface area contributed by atoms with E-state index in [1.54, 1.807) is 19.2 Å². The van der Waals surface area contributed by atoms with Gasteiger partial charge in [0.2, 0.25) is 0 Å². The summed E-state index contributed by atoms with van der Waals surface area (Å²) in [5.74, 6) is 0.612. The van der Waals surface area contributed by atoms with Crippen molar-refractivity contribution in [2.24, 2.45) is 5.73 Å². The van der Waals surface area contributed by atoms with E-state index < -0.39 is 0 Å². The maximum atomic E-state index is 11.0. The number of nitrogens with two attached hydrogens (primary N) is 1. The largest absolute Gasteiger partial charge is 0.497 e. The molecule has 1 aliphatic carbocycles. The minimum atomic E-state index is -0.379. The number of rotatable bonds is 4. The molecule has 0 spiro atoms. The van der Waals surface area contributed by atoms with Crippen molar-refractivity contribution in [3.05, 3.63) is 28.3 Å². The minimum Gasteiger partial charge on any atom is -0.497 e. The topological polar surface area (TPSA) is 90.4 Å². The molecule has 104 valence electrons. The van der Waals surface area contributed by atoms with Crippen LogP contribution in [0.1, 0.15) is 25.7 Å². The van der Waals surface area contributed by atoms with Gasteiger partial charge < -0.3 is 15.8 Å². The molecule has 1 fully saturated rings. The molecule has 0 bridgehead atoms. The number of nitro groups is 1. The molecule has 6 nitrogen and oxygen atoms in total. The highest BCUT2D eigenvalue weighted by atomic mass is 16.6. The van der Waals surface area contributed by atoms with Crippen molar-refractivity contribution in [3.63, 3.8) is 0 Å². The van der Waals surface area contributed by atoms with Crippen molar-refractivity contribution in [2.45, 2.75) is 37.8 Å². The van der Waals surface area contributed by atoms with Crippen LogP contribution in [0.3, 0.4) is 0 Å². The molecule has 1 aromatic carbocycles. The number of benzene rings is 1. The van der Waals surface area contributed by atoms with Crippen LogP contribution in [-0.2, 0) is 0 Å². The van der Waals surface area contributed by atoms with E-state index in [0.717, 1.165) is 25.7 Å². The van der Waals surface area contributed by atoms with Crippen LogP contribution in [0.15, 0.2) is 18.2 Å². The molecule has 0 amide bonds. The molecule has 19 heavy (non-hydrogen) atoms. The molecular weight excluding hydrogens is 246 g/mol. The number of anilines is 1. The van der Waals surface area contributed by atoms with E-state index in [4.69, 9.17) is 10.5 Å². The number of nitro benzene ring substituents is 1. The first-order chi connectivity index (χ1) is 9.10. The lowest BCUT2D eigenvalue weighted by Gasteiger charge is -2.27. The molecule has 1 saturated carbocycles. The Morgan fingerprint density at radius 1 is 1.37 bits per heavy atom. The number of nitrogens with one attached hydrogen (secondary N) is 1. The molecule has 0 atom stereocenters. The molecule has 1 aromatic rings. The van der Waals surface area contributed by atoms with Crippen LogP contribution < -0.4 is 15.8 Å². The Morgan fingerprint density at radius 3 is 2.63 bits per heavy atom. The van der Waals surface area contributed by atoms with E-state index in [1.165, 1.54) is 6.07 Å². The summed E-state index contributed by atoms with van der Waals surface area (Å²) in [5.41, 5.74) is 6.46. The van der Waals surface area contributed by atoms with Crippen LogP contribution >= 0.6 is 0 Å². The van der Waals surface area contributed by atoms with Crippen LogP contribution in [0.2, 0.25) is 0 Å². The molecule has 0 saturated heterocycles. The number of hydrogen-bond acceptors (Lipinski definition) is 5. The molecule has 0 aliphatic heterocycles. The Labute approximate surface area is 112 Å². The number of nitrogens with zero attached hydrogens (tertiary/aromatic N) is 1. The highest BCUT2D eigenvalue weighted by Crippen LogP contribution is 2.31. The Balaban J connectivity index is 2.15. The molecular formula is C13H19N3O3. The third-order valence-electron chi connectivity index (χ3n) is 3.53. The Hall–Kier alpha value is -1.82. The van der Waals surface area contributed by atoms with Crippen molar-refractivity contribution in [1.29, 1.82) is 0 Å². The van der Waals surface area contributed by atoms with E-state index in [2.05, 4.69) is 5.32 Å². The van der Waals surface area contributed by atoms with Gasteiger partial charge in [-0.2, -0.15) is 0 Å². The predicted octanol–water partition coefficient (Wildman–Crippen LogP) is 2.29. The van der Waals surface area contributed by atoms with Gasteiger partial charge in [-0.3, -0.25) is 10.1 Å². The number of hydrogen-bond donors (Lipinski definition) is 2.